The molecule has 15 heteroatoms. The number of aromatic nitrogens is 1. The average Bonchev–Trinajstić information content (AvgIpc) is 3.34. The van der Waals surface area contributed by atoms with Crippen molar-refractivity contribution >= 4 is 86.4 Å². The van der Waals surface area contributed by atoms with E-state index in [2.05, 4.69) is 20.9 Å². The summed E-state index contributed by atoms with van der Waals surface area (Å²) in [4.78, 5) is 30.8. The van der Waals surface area contributed by atoms with E-state index in [1.165, 1.54) is 23.5 Å². The van der Waals surface area contributed by atoms with E-state index in [-0.39, 0.29) is 43.6 Å². The quantitative estimate of drug-likeness (QED) is 0.195. The molecule has 2 atom stereocenters. The van der Waals surface area contributed by atoms with Crippen molar-refractivity contribution in [2.75, 3.05) is 48.9 Å². The number of carboxylic acids is 1. The van der Waals surface area contributed by atoms with Gasteiger partial charge in [-0.25, -0.2) is 9.78 Å². The van der Waals surface area contributed by atoms with Crippen molar-refractivity contribution in [3.05, 3.63) is 47.0 Å². The maximum atomic E-state index is 12.7. The van der Waals surface area contributed by atoms with Crippen molar-refractivity contribution in [3.8, 4) is 0 Å². The summed E-state index contributed by atoms with van der Waals surface area (Å²) >= 11 is 7.46. The number of aliphatic hydroxyl groups is 1. The third-order valence-corrected chi connectivity index (χ3v) is 6.70. The molecule has 37 heavy (non-hydrogen) atoms. The topological polar surface area (TPSA) is 162 Å². The molecule has 3 aromatic rings. The molecule has 0 saturated heterocycles. The van der Waals surface area contributed by atoms with E-state index in [1.807, 2.05) is 4.90 Å². The van der Waals surface area contributed by atoms with Gasteiger partial charge in [0.1, 0.15) is 0 Å². The molecule has 202 valence electrons. The highest BCUT2D eigenvalue weighted by Crippen LogP contribution is 2.44. The average molecular weight is 594 g/mol. The van der Waals surface area contributed by atoms with Gasteiger partial charge in [-0.1, -0.05) is 22.9 Å². The molecule has 0 saturated carbocycles. The second-order valence-electron chi connectivity index (χ2n) is 7.82. The molecule has 1 aliphatic heterocycles. The summed E-state index contributed by atoms with van der Waals surface area (Å²) in [5.74, 6) is -3.36. The highest BCUT2D eigenvalue weighted by atomic mass is 35.5. The molecule has 2 heterocycles. The number of primary amides is 1. The first-order chi connectivity index (χ1) is 16.8. The lowest BCUT2D eigenvalue weighted by atomic mass is 10.1. The van der Waals surface area contributed by atoms with Gasteiger partial charge in [0.15, 0.2) is 11.2 Å². The van der Waals surface area contributed by atoms with Gasteiger partial charge in [0.05, 0.1) is 40.4 Å². The number of fused-ring (bicyclic) bond motifs is 2. The standard InChI is InChI=1S/C22H25ClN6O5S.2ClH/c1-25-6-7-29-16-5-2-12(20(32)33)10-15(16)27-22(29,18(19(24)31)34-9-8-30)28-21-26-14-4-3-13(23)11-17(14)35-21;;/h2-5,10-11,18,25,27,30H,6-9H2,1H3,(H2,24,31)(H,26,28)(H,32,33);2*1H. The normalized spacial score (nSPS) is 16.8. The minimum atomic E-state index is -1.48. The maximum absolute atomic E-state index is 12.7. The number of halogens is 3. The molecule has 1 amide bonds. The van der Waals surface area contributed by atoms with Crippen LogP contribution >= 0.6 is 47.8 Å². The second-order valence-corrected chi connectivity index (χ2v) is 9.28. The van der Waals surface area contributed by atoms with Crippen LogP contribution in [0.4, 0.5) is 16.5 Å². The lowest BCUT2D eigenvalue weighted by molar-refractivity contribution is -0.133. The number of thiazole rings is 1. The number of carboxylic acid groups (broad SMARTS) is 1. The van der Waals surface area contributed by atoms with Crippen molar-refractivity contribution in [2.45, 2.75) is 11.9 Å². The zero-order valence-electron chi connectivity index (χ0n) is 19.6. The molecular weight excluding hydrogens is 567 g/mol. The van der Waals surface area contributed by atoms with Gasteiger partial charge in [-0.15, -0.1) is 24.8 Å². The fourth-order valence-electron chi connectivity index (χ4n) is 4.05. The van der Waals surface area contributed by atoms with E-state index in [9.17, 15) is 19.8 Å². The number of carbonyl (C=O) groups excluding carboxylic acids is 1. The van der Waals surface area contributed by atoms with Gasteiger partial charge in [0, 0.05) is 18.1 Å². The van der Waals surface area contributed by atoms with Crippen molar-refractivity contribution in [3.63, 3.8) is 0 Å². The molecule has 11 nitrogen and oxygen atoms in total. The molecule has 0 bridgehead atoms. The number of hydrogen-bond donors (Lipinski definition) is 6. The highest BCUT2D eigenvalue weighted by Gasteiger charge is 2.53. The van der Waals surface area contributed by atoms with Crippen molar-refractivity contribution < 1.29 is 24.5 Å². The van der Waals surface area contributed by atoms with E-state index < -0.39 is 23.8 Å². The Hall–Kier alpha value is -2.58. The first-order valence-corrected chi connectivity index (χ1v) is 11.9. The SMILES string of the molecule is CNCCN1c2ccc(C(=O)O)cc2NC1(Nc1nc2ccc(Cl)cc2s1)C(OCCO)C(N)=O.Cl.Cl. The molecule has 7 N–H and O–H groups in total. The fourth-order valence-corrected chi connectivity index (χ4v) is 5.25. The Labute approximate surface area is 234 Å². The number of aromatic carboxylic acids is 1. The number of ether oxygens (including phenoxy) is 1. The second kappa shape index (κ2) is 12.8. The Morgan fingerprint density at radius 3 is 2.70 bits per heavy atom. The monoisotopic (exact) mass is 592 g/mol. The Morgan fingerprint density at radius 1 is 1.30 bits per heavy atom. The van der Waals surface area contributed by atoms with Crippen LogP contribution in [0, 0.1) is 0 Å². The molecule has 1 aliphatic rings. The smallest absolute Gasteiger partial charge is 0.335 e. The molecule has 0 aliphatic carbocycles. The Balaban J connectivity index is 0.00000241. The third kappa shape index (κ3) is 6.12. The molecule has 0 radical (unpaired) electrons. The van der Waals surface area contributed by atoms with Crippen molar-refractivity contribution in [1.29, 1.82) is 0 Å². The summed E-state index contributed by atoms with van der Waals surface area (Å²) in [7, 11) is 1.79. The highest BCUT2D eigenvalue weighted by molar-refractivity contribution is 7.22. The number of likely N-dealkylation sites (N-methyl/N-ethyl adjacent to an activating group) is 1. The van der Waals surface area contributed by atoms with Gasteiger partial charge in [0.25, 0.3) is 5.91 Å². The maximum Gasteiger partial charge on any atom is 0.335 e. The zero-order chi connectivity index (χ0) is 25.2. The summed E-state index contributed by atoms with van der Waals surface area (Å²) in [6, 6.07) is 9.93. The molecule has 1 aromatic heterocycles. The molecule has 0 fully saturated rings. The van der Waals surface area contributed by atoms with Gasteiger partial charge >= 0.3 is 5.97 Å². The minimum absolute atomic E-state index is 0. The number of hydrogen-bond acceptors (Lipinski definition) is 10. The number of anilines is 3. The van der Waals surface area contributed by atoms with Crippen molar-refractivity contribution in [2.24, 2.45) is 5.73 Å². The van der Waals surface area contributed by atoms with Crippen LogP contribution in [-0.4, -0.2) is 72.3 Å². The number of nitrogens with zero attached hydrogens (tertiary/aromatic N) is 2. The van der Waals surface area contributed by atoms with Crippen LogP contribution in [0.2, 0.25) is 5.02 Å². The van der Waals surface area contributed by atoms with Crippen LogP contribution in [-0.2, 0) is 9.53 Å². The lowest BCUT2D eigenvalue weighted by Crippen LogP contribution is -2.69. The van der Waals surface area contributed by atoms with Crippen LogP contribution in [0.1, 0.15) is 10.4 Å². The zero-order valence-corrected chi connectivity index (χ0v) is 22.8. The number of amides is 1. The number of nitrogens with one attached hydrogen (secondary N) is 3. The Morgan fingerprint density at radius 2 is 2.05 bits per heavy atom. The molecule has 2 aromatic carbocycles. The van der Waals surface area contributed by atoms with E-state index in [4.69, 9.17) is 22.1 Å². The van der Waals surface area contributed by atoms with Crippen LogP contribution in [0.5, 0.6) is 0 Å². The lowest BCUT2D eigenvalue weighted by Gasteiger charge is -2.44. The molecule has 2 unspecified atom stereocenters. The predicted molar refractivity (Wildman–Crippen MR) is 150 cm³/mol. The van der Waals surface area contributed by atoms with Gasteiger partial charge in [0.2, 0.25) is 5.79 Å². The Bertz CT molecular complexity index is 1260. The van der Waals surface area contributed by atoms with Gasteiger partial charge in [-0.3, -0.25) is 4.79 Å². The largest absolute Gasteiger partial charge is 0.478 e. The Kier molecular flexibility index (Phi) is 10.6. The van der Waals surface area contributed by atoms with E-state index in [0.717, 1.165) is 4.70 Å². The van der Waals surface area contributed by atoms with Crippen LogP contribution < -0.4 is 26.6 Å². The number of benzene rings is 2. The summed E-state index contributed by atoms with van der Waals surface area (Å²) in [5.41, 5.74) is 7.68. The van der Waals surface area contributed by atoms with Crippen LogP contribution in [0.25, 0.3) is 10.2 Å². The molecule has 4 rings (SSSR count). The fraction of sp³-hybridized carbons (Fsp3) is 0.318. The van der Waals surface area contributed by atoms with E-state index in [0.29, 0.717) is 40.1 Å². The van der Waals surface area contributed by atoms with Crippen molar-refractivity contribution in [1.82, 2.24) is 10.3 Å². The third-order valence-electron chi connectivity index (χ3n) is 5.53. The summed E-state index contributed by atoms with van der Waals surface area (Å²) in [6.07, 6.45) is -1.30. The first kappa shape index (κ1) is 30.6. The predicted octanol–water partition coefficient (Wildman–Crippen LogP) is 2.57. The van der Waals surface area contributed by atoms with Gasteiger partial charge in [-0.05, 0) is 43.4 Å². The summed E-state index contributed by atoms with van der Waals surface area (Å²) in [6.45, 7) is 0.432. The number of aliphatic hydroxyl groups excluding tert-OH is 1. The number of carbonyl (C=O) groups is 2. The minimum Gasteiger partial charge on any atom is -0.478 e. The summed E-state index contributed by atoms with van der Waals surface area (Å²) < 4.78 is 6.58. The number of nitrogens with two attached hydrogens (primary N) is 1. The first-order valence-electron chi connectivity index (χ1n) is 10.7. The summed E-state index contributed by atoms with van der Waals surface area (Å²) in [5, 5.41) is 29.5. The van der Waals surface area contributed by atoms with Crippen LogP contribution in [0.3, 0.4) is 0 Å². The van der Waals surface area contributed by atoms with Gasteiger partial charge in [-0.2, -0.15) is 0 Å². The van der Waals surface area contributed by atoms with Crippen LogP contribution in [0.15, 0.2) is 36.4 Å². The van der Waals surface area contributed by atoms with E-state index in [1.54, 1.807) is 31.3 Å². The van der Waals surface area contributed by atoms with Gasteiger partial charge < -0.3 is 41.5 Å². The molecular formula is C22H27Cl3N6O5S. The van der Waals surface area contributed by atoms with E-state index >= 15 is 0 Å². The molecule has 0 spiro atoms. The number of rotatable bonds is 11.